The lowest BCUT2D eigenvalue weighted by Gasteiger charge is -2.14. The maximum atomic E-state index is 12.4. The van der Waals surface area contributed by atoms with Crippen LogP contribution in [0.4, 0.5) is 0 Å². The van der Waals surface area contributed by atoms with Crippen molar-refractivity contribution < 1.29 is 8.42 Å². The lowest BCUT2D eigenvalue weighted by molar-refractivity contribution is 0.454. The summed E-state index contributed by atoms with van der Waals surface area (Å²) in [5, 5.41) is 0. The summed E-state index contributed by atoms with van der Waals surface area (Å²) in [5.74, 6) is 1.05. The molecule has 6 heteroatoms. The molecule has 1 aromatic rings. The van der Waals surface area contributed by atoms with Crippen LogP contribution < -0.4 is 0 Å². The molecule has 18 heavy (non-hydrogen) atoms. The molecule has 102 valence electrons. The summed E-state index contributed by atoms with van der Waals surface area (Å²) in [5.41, 5.74) is 0. The average molecular weight is 308 g/mol. The third kappa shape index (κ3) is 2.90. The van der Waals surface area contributed by atoms with Crippen molar-refractivity contribution in [2.24, 2.45) is 5.92 Å². The molecule has 1 aliphatic heterocycles. The molecule has 2 heterocycles. The topological polar surface area (TPSA) is 37.4 Å². The molecule has 2 rings (SSSR count). The van der Waals surface area contributed by atoms with E-state index in [2.05, 4.69) is 6.92 Å². The first kappa shape index (κ1) is 14.3. The molecule has 0 bridgehead atoms. The molecular weight excluding hydrogens is 290 g/mol. The summed E-state index contributed by atoms with van der Waals surface area (Å²) in [6.45, 7) is 3.44. The van der Waals surface area contributed by atoms with Gasteiger partial charge in [-0.2, -0.15) is 4.31 Å². The zero-order chi connectivity index (χ0) is 13.2. The van der Waals surface area contributed by atoms with Crippen LogP contribution in [0.5, 0.6) is 0 Å². The zero-order valence-electron chi connectivity index (χ0n) is 10.4. The molecule has 0 N–H and O–H groups in total. The molecule has 0 radical (unpaired) electrons. The predicted octanol–water partition coefficient (Wildman–Crippen LogP) is 2.95. The fraction of sp³-hybridized carbons (Fsp3) is 0.667. The van der Waals surface area contributed by atoms with Crippen LogP contribution in [0.3, 0.4) is 0 Å². The van der Waals surface area contributed by atoms with Crippen molar-refractivity contribution in [3.63, 3.8) is 0 Å². The monoisotopic (exact) mass is 307 g/mol. The van der Waals surface area contributed by atoms with Gasteiger partial charge in [0.2, 0.25) is 0 Å². The number of hydrogen-bond donors (Lipinski definition) is 0. The van der Waals surface area contributed by atoms with E-state index in [4.69, 9.17) is 11.6 Å². The Morgan fingerprint density at radius 3 is 2.89 bits per heavy atom. The number of rotatable bonds is 5. The summed E-state index contributed by atoms with van der Waals surface area (Å²) in [7, 11) is -3.27. The van der Waals surface area contributed by atoms with Crippen molar-refractivity contribution in [2.45, 2.75) is 30.4 Å². The maximum Gasteiger partial charge on any atom is 0.252 e. The molecule has 1 saturated heterocycles. The number of sulfonamides is 1. The predicted molar refractivity (Wildman–Crippen MR) is 75.9 cm³/mol. The maximum absolute atomic E-state index is 12.4. The van der Waals surface area contributed by atoms with Gasteiger partial charge in [0.05, 0.1) is 0 Å². The Hall–Kier alpha value is -0.100. The minimum Gasteiger partial charge on any atom is -0.206 e. The van der Waals surface area contributed by atoms with E-state index >= 15 is 0 Å². The Morgan fingerprint density at radius 2 is 2.28 bits per heavy atom. The third-order valence-electron chi connectivity index (χ3n) is 3.40. The van der Waals surface area contributed by atoms with E-state index in [-0.39, 0.29) is 0 Å². The van der Waals surface area contributed by atoms with Gasteiger partial charge >= 0.3 is 0 Å². The van der Waals surface area contributed by atoms with Crippen LogP contribution in [-0.2, 0) is 16.4 Å². The van der Waals surface area contributed by atoms with Gasteiger partial charge in [-0.05, 0) is 30.9 Å². The van der Waals surface area contributed by atoms with E-state index in [0.29, 0.717) is 29.1 Å². The van der Waals surface area contributed by atoms with Gasteiger partial charge in [-0.25, -0.2) is 8.42 Å². The first-order valence-corrected chi connectivity index (χ1v) is 9.02. The van der Waals surface area contributed by atoms with E-state index < -0.39 is 10.0 Å². The molecule has 0 spiro atoms. The number of alkyl halides is 1. The number of thiophene rings is 1. The molecule has 0 amide bonds. The van der Waals surface area contributed by atoms with Gasteiger partial charge in [0.25, 0.3) is 10.0 Å². The molecule has 1 aromatic heterocycles. The molecule has 0 aliphatic carbocycles. The van der Waals surface area contributed by atoms with Gasteiger partial charge in [0.15, 0.2) is 0 Å². The molecular formula is C12H18ClNO2S2. The lowest BCUT2D eigenvalue weighted by Crippen LogP contribution is -2.28. The molecule has 0 aromatic carbocycles. The Bertz CT molecular complexity index is 498. The number of halogens is 1. The van der Waals surface area contributed by atoms with Crippen molar-refractivity contribution in [3.8, 4) is 0 Å². The second-order valence-corrected chi connectivity index (χ2v) is 8.30. The van der Waals surface area contributed by atoms with E-state index in [1.54, 1.807) is 10.4 Å². The first-order chi connectivity index (χ1) is 8.57. The third-order valence-corrected chi connectivity index (χ3v) is 7.06. The summed E-state index contributed by atoms with van der Waals surface area (Å²) in [4.78, 5) is 1.04. The standard InChI is InChI=1S/C12H18ClNO2S2/c1-2-10-6-8-14(9-10)18(15,16)12-4-3-11(17-12)5-7-13/h3-4,10H,2,5-9H2,1H3. The van der Waals surface area contributed by atoms with Crippen LogP contribution in [0.15, 0.2) is 16.3 Å². The van der Waals surface area contributed by atoms with Crippen LogP contribution in [0.25, 0.3) is 0 Å². The Balaban J connectivity index is 2.15. The minimum absolute atomic E-state index is 0.458. The quantitative estimate of drug-likeness (QED) is 0.784. The van der Waals surface area contributed by atoms with Gasteiger partial charge < -0.3 is 0 Å². The summed E-state index contributed by atoms with van der Waals surface area (Å²) in [6, 6.07) is 3.58. The van der Waals surface area contributed by atoms with Crippen molar-refractivity contribution in [1.82, 2.24) is 4.31 Å². The first-order valence-electron chi connectivity index (χ1n) is 6.22. The van der Waals surface area contributed by atoms with Crippen LogP contribution in [-0.4, -0.2) is 31.7 Å². The van der Waals surface area contributed by atoms with Crippen molar-refractivity contribution in [2.75, 3.05) is 19.0 Å². The largest absolute Gasteiger partial charge is 0.252 e. The molecule has 1 unspecified atom stereocenters. The highest BCUT2D eigenvalue weighted by Crippen LogP contribution is 2.30. The van der Waals surface area contributed by atoms with Crippen LogP contribution in [0.2, 0.25) is 0 Å². The second kappa shape index (κ2) is 5.90. The highest BCUT2D eigenvalue weighted by Gasteiger charge is 2.32. The van der Waals surface area contributed by atoms with Crippen LogP contribution in [0, 0.1) is 5.92 Å². The van der Waals surface area contributed by atoms with Crippen molar-refractivity contribution in [3.05, 3.63) is 17.0 Å². The zero-order valence-corrected chi connectivity index (χ0v) is 12.8. The highest BCUT2D eigenvalue weighted by molar-refractivity contribution is 7.91. The highest BCUT2D eigenvalue weighted by atomic mass is 35.5. The Kier molecular flexibility index (Phi) is 4.69. The average Bonchev–Trinajstić information content (AvgIpc) is 2.98. The summed E-state index contributed by atoms with van der Waals surface area (Å²) in [6.07, 6.45) is 2.77. The SMILES string of the molecule is CCC1CCN(S(=O)(=O)c2ccc(CCCl)s2)C1. The molecule has 1 atom stereocenters. The van der Waals surface area contributed by atoms with Crippen LogP contribution >= 0.6 is 22.9 Å². The van der Waals surface area contributed by atoms with Gasteiger partial charge in [0.1, 0.15) is 4.21 Å². The van der Waals surface area contributed by atoms with E-state index in [0.717, 1.165) is 24.1 Å². The molecule has 1 fully saturated rings. The summed E-state index contributed by atoms with van der Waals surface area (Å²) >= 11 is 7.02. The van der Waals surface area contributed by atoms with Gasteiger partial charge in [-0.15, -0.1) is 22.9 Å². The van der Waals surface area contributed by atoms with Crippen molar-refractivity contribution in [1.29, 1.82) is 0 Å². The second-order valence-electron chi connectivity index (χ2n) is 4.59. The molecule has 3 nitrogen and oxygen atoms in total. The smallest absolute Gasteiger partial charge is 0.206 e. The molecule has 1 aliphatic rings. The van der Waals surface area contributed by atoms with Gasteiger partial charge in [-0.1, -0.05) is 13.3 Å². The fourth-order valence-electron chi connectivity index (χ4n) is 2.20. The van der Waals surface area contributed by atoms with E-state index in [9.17, 15) is 8.42 Å². The Labute approximate surface area is 118 Å². The van der Waals surface area contributed by atoms with Gasteiger partial charge in [0, 0.05) is 23.8 Å². The van der Waals surface area contributed by atoms with E-state index in [1.807, 2.05) is 6.07 Å². The number of hydrogen-bond acceptors (Lipinski definition) is 3. The minimum atomic E-state index is -3.27. The van der Waals surface area contributed by atoms with E-state index in [1.165, 1.54) is 11.3 Å². The molecule has 0 saturated carbocycles. The lowest BCUT2D eigenvalue weighted by atomic mass is 10.1. The Morgan fingerprint density at radius 1 is 1.50 bits per heavy atom. The fourth-order valence-corrected chi connectivity index (χ4v) is 5.56. The number of nitrogens with zero attached hydrogens (tertiary/aromatic N) is 1. The van der Waals surface area contributed by atoms with Crippen LogP contribution in [0.1, 0.15) is 24.6 Å². The summed E-state index contributed by atoms with van der Waals surface area (Å²) < 4.78 is 26.9. The normalized spacial score (nSPS) is 21.6. The van der Waals surface area contributed by atoms with Crippen molar-refractivity contribution >= 4 is 33.0 Å². The van der Waals surface area contributed by atoms with Gasteiger partial charge in [-0.3, -0.25) is 0 Å². The number of aryl methyl sites for hydroxylation is 1.